The number of ether oxygens (including phenoxy) is 1. The zero-order chi connectivity index (χ0) is 9.68. The van der Waals surface area contributed by atoms with Crippen LogP contribution < -0.4 is 11.1 Å². The monoisotopic (exact) mass is 186 g/mol. The summed E-state index contributed by atoms with van der Waals surface area (Å²) >= 11 is 0. The van der Waals surface area contributed by atoms with E-state index >= 15 is 0 Å². The smallest absolute Gasteiger partial charge is 0.219 e. The molecule has 1 aliphatic rings. The lowest BCUT2D eigenvalue weighted by Crippen LogP contribution is -2.37. The third-order valence-electron chi connectivity index (χ3n) is 2.39. The van der Waals surface area contributed by atoms with Crippen LogP contribution in [0.15, 0.2) is 0 Å². The van der Waals surface area contributed by atoms with Crippen LogP contribution in [0.1, 0.15) is 19.3 Å². The first-order valence-electron chi connectivity index (χ1n) is 4.77. The Morgan fingerprint density at radius 1 is 1.62 bits per heavy atom. The maximum atomic E-state index is 10.4. The van der Waals surface area contributed by atoms with Crippen LogP contribution in [-0.2, 0) is 9.53 Å². The molecule has 1 amide bonds. The minimum atomic E-state index is -0.286. The Balaban J connectivity index is 1.93. The lowest BCUT2D eigenvalue weighted by Gasteiger charge is -2.34. The molecule has 0 aromatic carbocycles. The molecule has 0 aliphatic heterocycles. The van der Waals surface area contributed by atoms with Crippen LogP contribution in [0, 0.1) is 5.92 Å². The molecule has 4 nitrogen and oxygen atoms in total. The van der Waals surface area contributed by atoms with Gasteiger partial charge < -0.3 is 15.8 Å². The topological polar surface area (TPSA) is 64.3 Å². The minimum Gasteiger partial charge on any atom is -0.378 e. The van der Waals surface area contributed by atoms with Crippen LogP contribution in [0.4, 0.5) is 0 Å². The molecule has 0 unspecified atom stereocenters. The summed E-state index contributed by atoms with van der Waals surface area (Å²) in [6, 6.07) is 0. The SMILES string of the molecule is CNCC1CC(OCCC(N)=O)C1. The van der Waals surface area contributed by atoms with Crippen LogP contribution in [0.5, 0.6) is 0 Å². The Labute approximate surface area is 78.8 Å². The number of nitrogens with two attached hydrogens (primary N) is 1. The van der Waals surface area contributed by atoms with E-state index in [1.54, 1.807) is 0 Å². The summed E-state index contributed by atoms with van der Waals surface area (Å²) in [5.41, 5.74) is 4.98. The van der Waals surface area contributed by atoms with Crippen molar-refractivity contribution in [1.29, 1.82) is 0 Å². The van der Waals surface area contributed by atoms with Crippen molar-refractivity contribution in [3.63, 3.8) is 0 Å². The summed E-state index contributed by atoms with van der Waals surface area (Å²) in [6.45, 7) is 1.54. The predicted octanol–water partition coefficient (Wildman–Crippen LogP) is -0.124. The maximum Gasteiger partial charge on any atom is 0.219 e. The van der Waals surface area contributed by atoms with Crippen LogP contribution in [0.2, 0.25) is 0 Å². The first kappa shape index (κ1) is 10.5. The second-order valence-corrected chi connectivity index (χ2v) is 3.60. The van der Waals surface area contributed by atoms with Crippen molar-refractivity contribution in [3.8, 4) is 0 Å². The van der Waals surface area contributed by atoms with Crippen molar-refractivity contribution >= 4 is 5.91 Å². The van der Waals surface area contributed by atoms with Crippen molar-refractivity contribution in [2.24, 2.45) is 11.7 Å². The molecule has 0 heterocycles. The summed E-state index contributed by atoms with van der Waals surface area (Å²) in [4.78, 5) is 10.4. The van der Waals surface area contributed by atoms with Crippen molar-refractivity contribution < 1.29 is 9.53 Å². The van der Waals surface area contributed by atoms with Gasteiger partial charge in [0, 0.05) is 6.42 Å². The molecule has 1 fully saturated rings. The number of primary amides is 1. The van der Waals surface area contributed by atoms with E-state index in [-0.39, 0.29) is 5.91 Å². The maximum absolute atomic E-state index is 10.4. The van der Waals surface area contributed by atoms with Crippen molar-refractivity contribution in [2.45, 2.75) is 25.4 Å². The molecule has 0 atom stereocenters. The van der Waals surface area contributed by atoms with Gasteiger partial charge in [-0.2, -0.15) is 0 Å². The molecular weight excluding hydrogens is 168 g/mol. The van der Waals surface area contributed by atoms with Gasteiger partial charge in [-0.1, -0.05) is 0 Å². The number of amides is 1. The zero-order valence-electron chi connectivity index (χ0n) is 8.08. The molecule has 3 N–H and O–H groups in total. The largest absolute Gasteiger partial charge is 0.378 e. The van der Waals surface area contributed by atoms with Crippen molar-refractivity contribution in [1.82, 2.24) is 5.32 Å². The highest BCUT2D eigenvalue weighted by Gasteiger charge is 2.28. The van der Waals surface area contributed by atoms with Gasteiger partial charge in [0.1, 0.15) is 0 Å². The summed E-state index contributed by atoms with van der Waals surface area (Å²) in [7, 11) is 1.96. The molecule has 0 bridgehead atoms. The van der Waals surface area contributed by atoms with Gasteiger partial charge >= 0.3 is 0 Å². The van der Waals surface area contributed by atoms with Crippen LogP contribution >= 0.6 is 0 Å². The summed E-state index contributed by atoms with van der Waals surface area (Å²) in [6.07, 6.45) is 2.92. The fourth-order valence-electron chi connectivity index (χ4n) is 1.59. The summed E-state index contributed by atoms with van der Waals surface area (Å²) in [5, 5.41) is 3.13. The molecule has 76 valence electrons. The number of hydrogen-bond acceptors (Lipinski definition) is 3. The highest BCUT2D eigenvalue weighted by molar-refractivity contribution is 5.73. The number of carbonyl (C=O) groups excluding carboxylic acids is 1. The molecule has 0 aromatic heterocycles. The van der Waals surface area contributed by atoms with Crippen LogP contribution in [0.25, 0.3) is 0 Å². The molecule has 1 rings (SSSR count). The molecule has 0 spiro atoms. The van der Waals surface area contributed by atoms with E-state index in [2.05, 4.69) is 5.32 Å². The molecule has 0 aromatic rings. The molecule has 13 heavy (non-hydrogen) atoms. The van der Waals surface area contributed by atoms with Crippen molar-refractivity contribution in [2.75, 3.05) is 20.2 Å². The Hall–Kier alpha value is -0.610. The van der Waals surface area contributed by atoms with Gasteiger partial charge in [0.2, 0.25) is 5.91 Å². The summed E-state index contributed by atoms with van der Waals surface area (Å²) < 4.78 is 5.44. The third-order valence-corrected chi connectivity index (χ3v) is 2.39. The highest BCUT2D eigenvalue weighted by Crippen LogP contribution is 2.29. The van der Waals surface area contributed by atoms with Crippen molar-refractivity contribution in [3.05, 3.63) is 0 Å². The molecule has 4 heteroatoms. The van der Waals surface area contributed by atoms with E-state index in [1.807, 2.05) is 7.05 Å². The number of hydrogen-bond donors (Lipinski definition) is 2. The number of rotatable bonds is 6. The van der Waals surface area contributed by atoms with E-state index in [4.69, 9.17) is 10.5 Å². The Bertz CT molecular complexity index is 167. The van der Waals surface area contributed by atoms with E-state index in [0.29, 0.717) is 19.1 Å². The average Bonchev–Trinajstić information content (AvgIpc) is 1.99. The number of carbonyl (C=O) groups is 1. The molecule has 0 radical (unpaired) electrons. The lowest BCUT2D eigenvalue weighted by molar-refractivity contribution is -0.120. The number of nitrogens with one attached hydrogen (secondary N) is 1. The Morgan fingerprint density at radius 3 is 2.85 bits per heavy atom. The van der Waals surface area contributed by atoms with Crippen LogP contribution in [-0.4, -0.2) is 32.2 Å². The Morgan fingerprint density at radius 2 is 2.31 bits per heavy atom. The first-order chi connectivity index (χ1) is 6.22. The molecule has 1 saturated carbocycles. The second kappa shape index (κ2) is 5.19. The first-order valence-corrected chi connectivity index (χ1v) is 4.77. The Kier molecular flexibility index (Phi) is 4.18. The lowest BCUT2D eigenvalue weighted by atomic mass is 9.82. The van der Waals surface area contributed by atoms with Gasteiger partial charge in [0.15, 0.2) is 0 Å². The summed E-state index contributed by atoms with van der Waals surface area (Å²) in [5.74, 6) is 0.467. The third kappa shape index (κ3) is 3.74. The van der Waals surface area contributed by atoms with E-state index in [9.17, 15) is 4.79 Å². The standard InChI is InChI=1S/C9H18N2O2/c1-11-6-7-4-8(5-7)13-3-2-9(10)12/h7-8,11H,2-6H2,1H3,(H2,10,12). The van der Waals surface area contributed by atoms with Gasteiger partial charge in [0.25, 0.3) is 0 Å². The predicted molar refractivity (Wildman–Crippen MR) is 50.2 cm³/mol. The highest BCUT2D eigenvalue weighted by atomic mass is 16.5. The van der Waals surface area contributed by atoms with E-state index in [1.165, 1.54) is 0 Å². The van der Waals surface area contributed by atoms with Gasteiger partial charge in [-0.15, -0.1) is 0 Å². The van der Waals surface area contributed by atoms with Gasteiger partial charge in [-0.25, -0.2) is 0 Å². The molecular formula is C9H18N2O2. The van der Waals surface area contributed by atoms with Gasteiger partial charge in [-0.05, 0) is 32.4 Å². The average molecular weight is 186 g/mol. The fourth-order valence-corrected chi connectivity index (χ4v) is 1.59. The normalized spacial score (nSPS) is 26.8. The van der Waals surface area contributed by atoms with Gasteiger partial charge in [-0.3, -0.25) is 4.79 Å². The fraction of sp³-hybridized carbons (Fsp3) is 0.889. The zero-order valence-corrected chi connectivity index (χ0v) is 8.08. The minimum absolute atomic E-state index is 0.286. The second-order valence-electron chi connectivity index (χ2n) is 3.60. The van der Waals surface area contributed by atoms with E-state index < -0.39 is 0 Å². The van der Waals surface area contributed by atoms with Gasteiger partial charge in [0.05, 0.1) is 12.7 Å². The quantitative estimate of drug-likeness (QED) is 0.607. The molecule has 0 saturated heterocycles. The van der Waals surface area contributed by atoms with E-state index in [0.717, 1.165) is 25.3 Å². The molecule has 1 aliphatic carbocycles. The van der Waals surface area contributed by atoms with Crippen LogP contribution in [0.3, 0.4) is 0 Å².